The number of benzene rings is 2. The van der Waals surface area contributed by atoms with E-state index in [1.807, 2.05) is 26.0 Å². The summed E-state index contributed by atoms with van der Waals surface area (Å²) in [7, 11) is 1.35. The lowest BCUT2D eigenvalue weighted by Crippen LogP contribution is -2.25. The molecule has 0 bridgehead atoms. The van der Waals surface area contributed by atoms with Crippen LogP contribution in [-0.4, -0.2) is 18.7 Å². The molecule has 2 aromatic carbocycles. The van der Waals surface area contributed by atoms with Crippen LogP contribution in [0.2, 0.25) is 0 Å². The Hall–Kier alpha value is -3.09. The SMILES string of the molecule is COC(=O)CCc1c(N)cc(OCc2cc(N)cc3c2OC(C)(C)C3)cc1N. The van der Waals surface area contributed by atoms with Crippen LogP contribution in [0.25, 0.3) is 0 Å². The van der Waals surface area contributed by atoms with Gasteiger partial charge in [0, 0.05) is 53.2 Å². The number of esters is 1. The third-order valence-electron chi connectivity index (χ3n) is 4.75. The molecule has 1 aliphatic heterocycles. The first-order chi connectivity index (χ1) is 13.2. The zero-order chi connectivity index (χ0) is 20.5. The van der Waals surface area contributed by atoms with Crippen LogP contribution in [0.4, 0.5) is 17.1 Å². The quantitative estimate of drug-likeness (QED) is 0.516. The number of carbonyl (C=O) groups excluding carboxylic acids is 1. The second-order valence-corrected chi connectivity index (χ2v) is 7.65. The lowest BCUT2D eigenvalue weighted by molar-refractivity contribution is -0.140. The Morgan fingerprint density at radius 3 is 2.46 bits per heavy atom. The van der Waals surface area contributed by atoms with Crippen LogP contribution >= 0.6 is 0 Å². The second-order valence-electron chi connectivity index (χ2n) is 7.65. The molecule has 0 saturated carbocycles. The van der Waals surface area contributed by atoms with E-state index in [-0.39, 0.29) is 24.6 Å². The van der Waals surface area contributed by atoms with Gasteiger partial charge in [-0.25, -0.2) is 0 Å². The van der Waals surface area contributed by atoms with Gasteiger partial charge in [0.2, 0.25) is 0 Å². The topological polar surface area (TPSA) is 123 Å². The van der Waals surface area contributed by atoms with E-state index in [4.69, 9.17) is 26.7 Å². The van der Waals surface area contributed by atoms with Gasteiger partial charge in [0.1, 0.15) is 23.7 Å². The van der Waals surface area contributed by atoms with Gasteiger partial charge in [-0.15, -0.1) is 0 Å². The standard InChI is InChI=1S/C21H27N3O4/c1-21(2)10-12-6-14(22)7-13(20(12)28-21)11-27-15-8-17(23)16(18(24)9-15)4-5-19(25)26-3/h6-9H,4-5,10-11,22-24H2,1-3H3. The monoisotopic (exact) mass is 385 g/mol. The fourth-order valence-corrected chi connectivity index (χ4v) is 3.47. The number of rotatable bonds is 6. The molecule has 1 heterocycles. The van der Waals surface area contributed by atoms with E-state index in [9.17, 15) is 4.79 Å². The Morgan fingerprint density at radius 2 is 1.82 bits per heavy atom. The number of fused-ring (bicyclic) bond motifs is 1. The number of methoxy groups -OCH3 is 1. The van der Waals surface area contributed by atoms with Gasteiger partial charge in [0.15, 0.2) is 0 Å². The Labute approximate surface area is 164 Å². The molecule has 0 saturated heterocycles. The molecule has 150 valence electrons. The van der Waals surface area contributed by atoms with Crippen molar-refractivity contribution in [3.8, 4) is 11.5 Å². The molecule has 0 aliphatic carbocycles. The maximum atomic E-state index is 11.3. The highest BCUT2D eigenvalue weighted by Crippen LogP contribution is 2.40. The van der Waals surface area contributed by atoms with Crippen molar-refractivity contribution in [2.75, 3.05) is 24.3 Å². The van der Waals surface area contributed by atoms with E-state index < -0.39 is 0 Å². The number of hydrogen-bond donors (Lipinski definition) is 3. The molecule has 0 aromatic heterocycles. The smallest absolute Gasteiger partial charge is 0.305 e. The third kappa shape index (κ3) is 4.24. The van der Waals surface area contributed by atoms with Crippen LogP contribution in [0.1, 0.15) is 37.0 Å². The molecule has 1 aliphatic rings. The van der Waals surface area contributed by atoms with E-state index in [2.05, 4.69) is 4.74 Å². The number of nitrogens with two attached hydrogens (primary N) is 3. The number of nitrogen functional groups attached to an aromatic ring is 3. The third-order valence-corrected chi connectivity index (χ3v) is 4.75. The van der Waals surface area contributed by atoms with Gasteiger partial charge in [-0.2, -0.15) is 0 Å². The van der Waals surface area contributed by atoms with Crippen molar-refractivity contribution < 1.29 is 19.0 Å². The highest BCUT2D eigenvalue weighted by atomic mass is 16.5. The minimum absolute atomic E-state index is 0.216. The number of carbonyl (C=O) groups is 1. The van der Waals surface area contributed by atoms with Gasteiger partial charge >= 0.3 is 5.97 Å². The van der Waals surface area contributed by atoms with Gasteiger partial charge in [-0.1, -0.05) is 0 Å². The maximum Gasteiger partial charge on any atom is 0.305 e. The molecular formula is C21H27N3O4. The highest BCUT2D eigenvalue weighted by molar-refractivity contribution is 5.72. The fourth-order valence-electron chi connectivity index (χ4n) is 3.47. The largest absolute Gasteiger partial charge is 0.489 e. The highest BCUT2D eigenvalue weighted by Gasteiger charge is 2.32. The summed E-state index contributed by atoms with van der Waals surface area (Å²) in [5, 5.41) is 0. The summed E-state index contributed by atoms with van der Waals surface area (Å²) in [5.41, 5.74) is 22.3. The molecule has 0 amide bonds. The maximum absolute atomic E-state index is 11.3. The Morgan fingerprint density at radius 1 is 1.14 bits per heavy atom. The molecule has 7 nitrogen and oxygen atoms in total. The molecular weight excluding hydrogens is 358 g/mol. The van der Waals surface area contributed by atoms with E-state index >= 15 is 0 Å². The predicted octanol–water partition coefficient (Wildman–Crippen LogP) is 2.83. The lowest BCUT2D eigenvalue weighted by Gasteiger charge is -2.18. The van der Waals surface area contributed by atoms with Gasteiger partial charge in [0.25, 0.3) is 0 Å². The van der Waals surface area contributed by atoms with E-state index in [0.717, 1.165) is 23.3 Å². The number of ether oxygens (including phenoxy) is 3. The number of hydrogen-bond acceptors (Lipinski definition) is 7. The average Bonchev–Trinajstić information content (AvgIpc) is 2.92. The summed E-state index contributed by atoms with van der Waals surface area (Å²) in [6, 6.07) is 7.22. The van der Waals surface area contributed by atoms with Crippen molar-refractivity contribution >= 4 is 23.0 Å². The van der Waals surface area contributed by atoms with Crippen LogP contribution < -0.4 is 26.7 Å². The molecule has 7 heteroatoms. The van der Waals surface area contributed by atoms with Gasteiger partial charge in [-0.3, -0.25) is 4.79 Å². The zero-order valence-corrected chi connectivity index (χ0v) is 16.5. The molecule has 0 atom stereocenters. The van der Waals surface area contributed by atoms with Crippen molar-refractivity contribution in [1.82, 2.24) is 0 Å². The summed E-state index contributed by atoms with van der Waals surface area (Å²) in [6.07, 6.45) is 1.43. The van der Waals surface area contributed by atoms with Gasteiger partial charge in [-0.05, 0) is 38.0 Å². The number of anilines is 3. The summed E-state index contributed by atoms with van der Waals surface area (Å²) in [5.74, 6) is 1.07. The molecule has 28 heavy (non-hydrogen) atoms. The lowest BCUT2D eigenvalue weighted by atomic mass is 10.00. The van der Waals surface area contributed by atoms with Gasteiger partial charge < -0.3 is 31.4 Å². The van der Waals surface area contributed by atoms with Crippen LogP contribution in [0.5, 0.6) is 11.5 Å². The Balaban J connectivity index is 1.75. The van der Waals surface area contributed by atoms with Crippen LogP contribution in [-0.2, 0) is 29.0 Å². The van der Waals surface area contributed by atoms with Crippen LogP contribution in [0.15, 0.2) is 24.3 Å². The van der Waals surface area contributed by atoms with E-state index in [0.29, 0.717) is 34.8 Å². The molecule has 0 radical (unpaired) electrons. The predicted molar refractivity (Wildman–Crippen MR) is 109 cm³/mol. The van der Waals surface area contributed by atoms with Gasteiger partial charge in [0.05, 0.1) is 7.11 Å². The first-order valence-corrected chi connectivity index (χ1v) is 9.16. The Bertz CT molecular complexity index is 886. The summed E-state index contributed by atoms with van der Waals surface area (Å²) >= 11 is 0. The van der Waals surface area contributed by atoms with Crippen molar-refractivity contribution in [2.45, 2.75) is 45.3 Å². The summed E-state index contributed by atoms with van der Waals surface area (Å²) in [6.45, 7) is 4.37. The molecule has 3 rings (SSSR count). The second kappa shape index (κ2) is 7.50. The molecule has 0 spiro atoms. The summed E-state index contributed by atoms with van der Waals surface area (Å²) < 4.78 is 16.6. The summed E-state index contributed by atoms with van der Waals surface area (Å²) in [4.78, 5) is 11.3. The normalized spacial score (nSPS) is 14.2. The first-order valence-electron chi connectivity index (χ1n) is 9.16. The average molecular weight is 385 g/mol. The van der Waals surface area contributed by atoms with Crippen molar-refractivity contribution in [1.29, 1.82) is 0 Å². The van der Waals surface area contributed by atoms with Crippen LogP contribution in [0.3, 0.4) is 0 Å². The first kappa shape index (κ1) is 19.7. The van der Waals surface area contributed by atoms with E-state index in [1.165, 1.54) is 7.11 Å². The molecule has 0 unspecified atom stereocenters. The van der Waals surface area contributed by atoms with E-state index in [1.54, 1.807) is 12.1 Å². The zero-order valence-electron chi connectivity index (χ0n) is 16.5. The molecule has 2 aromatic rings. The minimum Gasteiger partial charge on any atom is -0.489 e. The fraction of sp³-hybridized carbons (Fsp3) is 0.381. The molecule has 6 N–H and O–H groups in total. The van der Waals surface area contributed by atoms with Crippen molar-refractivity contribution in [2.24, 2.45) is 0 Å². The minimum atomic E-state index is -0.308. The van der Waals surface area contributed by atoms with Crippen molar-refractivity contribution in [3.05, 3.63) is 41.0 Å². The van der Waals surface area contributed by atoms with Crippen molar-refractivity contribution in [3.63, 3.8) is 0 Å². The Kier molecular flexibility index (Phi) is 5.27. The van der Waals surface area contributed by atoms with Crippen LogP contribution in [0, 0.1) is 0 Å². The molecule has 0 fully saturated rings.